The number of nitrogens with one attached hydrogen (secondary N) is 2. The van der Waals surface area contributed by atoms with E-state index < -0.39 is 6.04 Å². The van der Waals surface area contributed by atoms with Crippen molar-refractivity contribution >= 4 is 28.6 Å². The van der Waals surface area contributed by atoms with Gasteiger partial charge in [-0.25, -0.2) is 4.98 Å². The molecule has 0 spiro atoms. The van der Waals surface area contributed by atoms with Crippen molar-refractivity contribution in [1.82, 2.24) is 9.55 Å². The van der Waals surface area contributed by atoms with E-state index in [2.05, 4.69) is 10.6 Å². The second kappa shape index (κ2) is 7.08. The van der Waals surface area contributed by atoms with Gasteiger partial charge in [-0.3, -0.25) is 9.36 Å². The summed E-state index contributed by atoms with van der Waals surface area (Å²) < 4.78 is 2.04. The van der Waals surface area contributed by atoms with Crippen LogP contribution in [0.3, 0.4) is 0 Å². The number of carbonyl (C=O) groups is 1. The summed E-state index contributed by atoms with van der Waals surface area (Å²) >= 11 is 0. The Morgan fingerprint density at radius 1 is 1.00 bits per heavy atom. The van der Waals surface area contributed by atoms with E-state index >= 15 is 0 Å². The van der Waals surface area contributed by atoms with Gasteiger partial charge in [0.05, 0.1) is 22.6 Å². The molecule has 4 aromatic rings. The maximum absolute atomic E-state index is 13.4. The molecule has 6 nitrogen and oxygen atoms in total. The van der Waals surface area contributed by atoms with Gasteiger partial charge in [0, 0.05) is 11.4 Å². The average Bonchev–Trinajstić information content (AvgIpc) is 3.12. The van der Waals surface area contributed by atoms with Gasteiger partial charge in [-0.15, -0.1) is 0 Å². The first-order valence-electron chi connectivity index (χ1n) is 9.72. The number of para-hydroxylation sites is 3. The third-order valence-corrected chi connectivity index (χ3v) is 5.32. The number of benzene rings is 3. The minimum absolute atomic E-state index is 0.180. The molecule has 1 aliphatic heterocycles. The third kappa shape index (κ3) is 2.99. The number of rotatable bonds is 3. The lowest BCUT2D eigenvalue weighted by molar-refractivity contribution is -0.113. The Hall–Kier alpha value is -4.06. The van der Waals surface area contributed by atoms with E-state index in [1.807, 2.05) is 78.2 Å². The van der Waals surface area contributed by atoms with E-state index in [0.29, 0.717) is 11.5 Å². The molecule has 0 radical (unpaired) electrons. The first kappa shape index (κ1) is 18.0. The number of carbonyl (C=O) groups excluding carboxylic acids is 1. The fourth-order valence-corrected chi connectivity index (χ4v) is 3.95. The smallest absolute Gasteiger partial charge is 0.255 e. The number of hydrogen-bond acceptors (Lipinski definition) is 4. The molecule has 1 atom stereocenters. The highest BCUT2D eigenvalue weighted by Gasteiger charge is 2.34. The zero-order valence-corrected chi connectivity index (χ0v) is 16.3. The molecular formula is C24H20N4O2. The lowest BCUT2D eigenvalue weighted by atomic mass is 9.94. The van der Waals surface area contributed by atoms with E-state index in [1.165, 1.54) is 0 Å². The van der Waals surface area contributed by atoms with Crippen LogP contribution in [0.2, 0.25) is 0 Å². The fraction of sp³-hybridized carbons (Fsp3) is 0.0833. The standard InChI is InChI=1S/C24H20N4O2/c1-15-21(23(30)26-17-7-3-2-4-8-17)22(16-11-13-18(29)14-12-16)28-20-10-6-5-9-19(20)27-24(28)25-15/h2-14,22,29H,1H3,(H,25,27)(H,26,30). The maximum Gasteiger partial charge on any atom is 0.255 e. The van der Waals surface area contributed by atoms with Crippen LogP contribution in [0.5, 0.6) is 5.75 Å². The highest BCUT2D eigenvalue weighted by molar-refractivity contribution is 6.06. The number of anilines is 2. The van der Waals surface area contributed by atoms with Crippen molar-refractivity contribution in [3.8, 4) is 5.75 Å². The molecule has 0 bridgehead atoms. The van der Waals surface area contributed by atoms with Gasteiger partial charge in [-0.2, -0.15) is 0 Å². The summed E-state index contributed by atoms with van der Waals surface area (Å²) in [6.07, 6.45) is 0. The normalized spacial score (nSPS) is 15.6. The highest BCUT2D eigenvalue weighted by Crippen LogP contribution is 2.39. The van der Waals surface area contributed by atoms with Crippen LogP contribution in [0, 0.1) is 0 Å². The molecule has 1 aromatic heterocycles. The number of fused-ring (bicyclic) bond motifs is 3. The number of aromatic nitrogens is 2. The van der Waals surface area contributed by atoms with Gasteiger partial charge < -0.3 is 15.7 Å². The number of aromatic hydroxyl groups is 1. The van der Waals surface area contributed by atoms with Crippen LogP contribution in [-0.4, -0.2) is 20.6 Å². The number of imidazole rings is 1. The van der Waals surface area contributed by atoms with Crippen molar-refractivity contribution in [2.24, 2.45) is 0 Å². The van der Waals surface area contributed by atoms with Crippen LogP contribution in [0.1, 0.15) is 18.5 Å². The molecule has 3 aromatic carbocycles. The second-order valence-electron chi connectivity index (χ2n) is 7.27. The highest BCUT2D eigenvalue weighted by atomic mass is 16.3. The zero-order chi connectivity index (χ0) is 20.7. The average molecular weight is 396 g/mol. The Balaban J connectivity index is 1.68. The first-order valence-corrected chi connectivity index (χ1v) is 9.72. The Morgan fingerprint density at radius 3 is 2.47 bits per heavy atom. The molecule has 1 amide bonds. The van der Waals surface area contributed by atoms with E-state index in [1.54, 1.807) is 12.1 Å². The minimum Gasteiger partial charge on any atom is -0.508 e. The predicted molar refractivity (Wildman–Crippen MR) is 117 cm³/mol. The van der Waals surface area contributed by atoms with Crippen LogP contribution in [0.15, 0.2) is 90.1 Å². The van der Waals surface area contributed by atoms with Crippen molar-refractivity contribution in [3.05, 3.63) is 95.7 Å². The van der Waals surface area contributed by atoms with E-state index in [-0.39, 0.29) is 11.7 Å². The minimum atomic E-state index is -0.391. The molecule has 6 heteroatoms. The summed E-state index contributed by atoms with van der Waals surface area (Å²) in [6.45, 7) is 1.89. The topological polar surface area (TPSA) is 79.2 Å². The van der Waals surface area contributed by atoms with Gasteiger partial charge in [-0.05, 0) is 48.9 Å². The van der Waals surface area contributed by atoms with Crippen molar-refractivity contribution in [2.45, 2.75) is 13.0 Å². The summed E-state index contributed by atoms with van der Waals surface area (Å²) in [4.78, 5) is 18.1. The number of amides is 1. The van der Waals surface area contributed by atoms with E-state index in [9.17, 15) is 9.90 Å². The van der Waals surface area contributed by atoms with E-state index in [4.69, 9.17) is 4.98 Å². The van der Waals surface area contributed by atoms with Gasteiger partial charge >= 0.3 is 0 Å². The van der Waals surface area contributed by atoms with Crippen molar-refractivity contribution in [2.75, 3.05) is 10.6 Å². The van der Waals surface area contributed by atoms with Crippen molar-refractivity contribution in [1.29, 1.82) is 0 Å². The molecule has 0 saturated carbocycles. The number of allylic oxidation sites excluding steroid dienone is 1. The lowest BCUT2D eigenvalue weighted by Gasteiger charge is -2.30. The molecule has 2 heterocycles. The van der Waals surface area contributed by atoms with Gasteiger partial charge in [0.15, 0.2) is 0 Å². The molecular weight excluding hydrogens is 376 g/mol. The molecule has 148 valence electrons. The Kier molecular flexibility index (Phi) is 4.25. The van der Waals surface area contributed by atoms with Gasteiger partial charge in [0.25, 0.3) is 5.91 Å². The Labute approximate surface area is 173 Å². The second-order valence-corrected chi connectivity index (χ2v) is 7.27. The SMILES string of the molecule is CC1=C(C(=O)Nc2ccccc2)C(c2ccc(O)cc2)n2c(nc3ccccc32)N1. The third-order valence-electron chi connectivity index (χ3n) is 5.32. The molecule has 0 saturated heterocycles. The number of phenols is 1. The fourth-order valence-electron chi connectivity index (χ4n) is 3.95. The van der Waals surface area contributed by atoms with Gasteiger partial charge in [-0.1, -0.05) is 42.5 Å². The summed E-state index contributed by atoms with van der Waals surface area (Å²) in [6, 6.07) is 23.8. The van der Waals surface area contributed by atoms with Crippen LogP contribution < -0.4 is 10.6 Å². The predicted octanol–water partition coefficient (Wildman–Crippen LogP) is 4.67. The largest absolute Gasteiger partial charge is 0.508 e. The van der Waals surface area contributed by atoms with Gasteiger partial charge in [0.2, 0.25) is 5.95 Å². The number of hydrogen-bond donors (Lipinski definition) is 3. The first-order chi connectivity index (χ1) is 14.6. The van der Waals surface area contributed by atoms with E-state index in [0.717, 1.165) is 28.0 Å². The molecule has 0 aliphatic carbocycles. The lowest BCUT2D eigenvalue weighted by Crippen LogP contribution is -2.30. The molecule has 0 fully saturated rings. The monoisotopic (exact) mass is 396 g/mol. The maximum atomic E-state index is 13.4. The summed E-state index contributed by atoms with van der Waals surface area (Å²) in [5.41, 5.74) is 4.73. The number of nitrogens with zero attached hydrogens (tertiary/aromatic N) is 2. The number of phenolic OH excluding ortho intramolecular Hbond substituents is 1. The zero-order valence-electron chi connectivity index (χ0n) is 16.3. The summed E-state index contributed by atoms with van der Waals surface area (Å²) in [5, 5.41) is 16.1. The van der Waals surface area contributed by atoms with Crippen LogP contribution in [0.25, 0.3) is 11.0 Å². The van der Waals surface area contributed by atoms with Crippen molar-refractivity contribution in [3.63, 3.8) is 0 Å². The van der Waals surface area contributed by atoms with Crippen LogP contribution >= 0.6 is 0 Å². The van der Waals surface area contributed by atoms with Crippen molar-refractivity contribution < 1.29 is 9.90 Å². The Morgan fingerprint density at radius 2 is 1.70 bits per heavy atom. The van der Waals surface area contributed by atoms with Gasteiger partial charge in [0.1, 0.15) is 5.75 Å². The molecule has 1 aliphatic rings. The molecule has 1 unspecified atom stereocenters. The summed E-state index contributed by atoms with van der Waals surface area (Å²) in [5.74, 6) is 0.676. The van der Waals surface area contributed by atoms with Crippen LogP contribution in [0.4, 0.5) is 11.6 Å². The molecule has 30 heavy (non-hydrogen) atoms. The quantitative estimate of drug-likeness (QED) is 0.470. The summed E-state index contributed by atoms with van der Waals surface area (Å²) in [7, 11) is 0. The Bertz CT molecular complexity index is 1270. The molecule has 3 N–H and O–H groups in total. The van der Waals surface area contributed by atoms with Crippen LogP contribution in [-0.2, 0) is 4.79 Å². The molecule has 5 rings (SSSR count).